The summed E-state index contributed by atoms with van der Waals surface area (Å²) in [5.74, 6) is 0. The van der Waals surface area contributed by atoms with Crippen LogP contribution in [0.15, 0.2) is 30.3 Å². The van der Waals surface area contributed by atoms with Crippen LogP contribution in [0, 0.1) is 10.8 Å². The van der Waals surface area contributed by atoms with Gasteiger partial charge >= 0.3 is 0 Å². The van der Waals surface area contributed by atoms with Crippen molar-refractivity contribution in [2.75, 3.05) is 59.7 Å². The number of alkyl halides is 2. The molecule has 29 heavy (non-hydrogen) atoms. The van der Waals surface area contributed by atoms with Crippen molar-refractivity contribution in [1.82, 2.24) is 20.0 Å². The fourth-order valence-electron chi connectivity index (χ4n) is 6.78. The summed E-state index contributed by atoms with van der Waals surface area (Å²) >= 11 is 0. The molecule has 0 saturated carbocycles. The molecule has 5 rings (SSSR count). The van der Waals surface area contributed by atoms with Gasteiger partial charge in [0.15, 0.2) is 0 Å². The number of halogens is 2. The van der Waals surface area contributed by atoms with Crippen molar-refractivity contribution in [1.29, 1.82) is 0 Å². The van der Waals surface area contributed by atoms with Crippen LogP contribution in [0.5, 0.6) is 0 Å². The fourth-order valence-corrected chi connectivity index (χ4v) is 6.78. The third-order valence-electron chi connectivity index (χ3n) is 8.16. The standard InChI is InChI=1S/C23H34F2N4/c1-27-12-20-23(15-25,16-27)9-19(26-20)11-28-13-21-22(14-24,17-28)7-8-29(21)10-18-5-3-2-4-6-18/h2-6,19-21,26H,7-17H2,1H3. The van der Waals surface area contributed by atoms with E-state index in [1.165, 1.54) is 5.56 Å². The molecule has 1 aromatic carbocycles. The highest BCUT2D eigenvalue weighted by Crippen LogP contribution is 2.45. The number of benzene rings is 1. The Balaban J connectivity index is 1.24. The van der Waals surface area contributed by atoms with E-state index in [-0.39, 0.29) is 36.3 Å². The molecule has 0 spiro atoms. The van der Waals surface area contributed by atoms with Crippen molar-refractivity contribution in [2.45, 2.75) is 37.5 Å². The minimum Gasteiger partial charge on any atom is -0.308 e. The average molecular weight is 405 g/mol. The van der Waals surface area contributed by atoms with Crippen LogP contribution in [-0.4, -0.2) is 92.5 Å². The molecule has 0 radical (unpaired) electrons. The Morgan fingerprint density at radius 3 is 2.59 bits per heavy atom. The molecule has 0 amide bonds. The van der Waals surface area contributed by atoms with Crippen LogP contribution in [0.1, 0.15) is 18.4 Å². The molecule has 1 N–H and O–H groups in total. The van der Waals surface area contributed by atoms with Gasteiger partial charge in [0.05, 0.1) is 13.3 Å². The summed E-state index contributed by atoms with van der Waals surface area (Å²) in [5.41, 5.74) is 0.868. The molecule has 4 aliphatic rings. The molecular weight excluding hydrogens is 370 g/mol. The predicted octanol–water partition coefficient (Wildman–Crippen LogP) is 2.16. The van der Waals surface area contributed by atoms with Crippen LogP contribution in [0.2, 0.25) is 0 Å². The van der Waals surface area contributed by atoms with Gasteiger partial charge in [-0.15, -0.1) is 0 Å². The molecule has 6 heteroatoms. The second-order valence-electron chi connectivity index (χ2n) is 10.2. The summed E-state index contributed by atoms with van der Waals surface area (Å²) in [6.45, 7) is 5.88. The number of hydrogen-bond acceptors (Lipinski definition) is 4. The van der Waals surface area contributed by atoms with Gasteiger partial charge in [-0.1, -0.05) is 30.3 Å². The van der Waals surface area contributed by atoms with Gasteiger partial charge in [0.1, 0.15) is 0 Å². The molecular formula is C23H34F2N4. The maximum atomic E-state index is 14.3. The van der Waals surface area contributed by atoms with E-state index in [0.29, 0.717) is 6.04 Å². The maximum Gasteiger partial charge on any atom is 0.0978 e. The molecule has 5 atom stereocenters. The van der Waals surface area contributed by atoms with E-state index in [1.54, 1.807) is 0 Å². The quantitative estimate of drug-likeness (QED) is 0.784. The smallest absolute Gasteiger partial charge is 0.0978 e. The van der Waals surface area contributed by atoms with Crippen LogP contribution in [0.4, 0.5) is 8.78 Å². The molecule has 0 aliphatic carbocycles. The fraction of sp³-hybridized carbons (Fsp3) is 0.739. The molecule has 4 saturated heterocycles. The summed E-state index contributed by atoms with van der Waals surface area (Å²) in [7, 11) is 2.08. The lowest BCUT2D eigenvalue weighted by Gasteiger charge is -2.28. The highest BCUT2D eigenvalue weighted by atomic mass is 19.1. The van der Waals surface area contributed by atoms with Gasteiger partial charge in [-0.2, -0.15) is 0 Å². The highest BCUT2D eigenvalue weighted by Gasteiger charge is 2.55. The molecule has 160 valence electrons. The lowest BCUT2D eigenvalue weighted by molar-refractivity contribution is 0.161. The van der Waals surface area contributed by atoms with Crippen molar-refractivity contribution in [2.24, 2.45) is 10.8 Å². The number of likely N-dealkylation sites (tertiary alicyclic amines) is 3. The maximum absolute atomic E-state index is 14.3. The Morgan fingerprint density at radius 2 is 1.86 bits per heavy atom. The molecule has 4 aliphatic heterocycles. The monoisotopic (exact) mass is 404 g/mol. The first kappa shape index (κ1) is 19.9. The summed E-state index contributed by atoms with van der Waals surface area (Å²) in [4.78, 5) is 7.19. The van der Waals surface area contributed by atoms with Gasteiger partial charge < -0.3 is 10.2 Å². The second kappa shape index (κ2) is 7.56. The van der Waals surface area contributed by atoms with Crippen LogP contribution in [0.25, 0.3) is 0 Å². The third-order valence-corrected chi connectivity index (χ3v) is 8.16. The second-order valence-corrected chi connectivity index (χ2v) is 10.2. The van der Waals surface area contributed by atoms with E-state index >= 15 is 0 Å². The zero-order chi connectivity index (χ0) is 20.1. The number of nitrogens with zero attached hydrogens (tertiary/aromatic N) is 3. The van der Waals surface area contributed by atoms with Gasteiger partial charge in [-0.05, 0) is 32.0 Å². The van der Waals surface area contributed by atoms with E-state index in [1.807, 2.05) is 6.07 Å². The first-order valence-electron chi connectivity index (χ1n) is 11.1. The summed E-state index contributed by atoms with van der Waals surface area (Å²) in [6.07, 6.45) is 1.84. The number of fused-ring (bicyclic) bond motifs is 2. The van der Waals surface area contributed by atoms with Gasteiger partial charge in [0.2, 0.25) is 0 Å². The van der Waals surface area contributed by atoms with Crippen LogP contribution >= 0.6 is 0 Å². The van der Waals surface area contributed by atoms with E-state index in [4.69, 9.17) is 0 Å². The van der Waals surface area contributed by atoms with E-state index in [9.17, 15) is 8.78 Å². The highest BCUT2D eigenvalue weighted by molar-refractivity contribution is 5.17. The number of rotatable bonds is 6. The molecule has 5 unspecified atom stereocenters. The Hall–Kier alpha value is -1.08. The summed E-state index contributed by atoms with van der Waals surface area (Å²) in [6, 6.07) is 11.4. The number of likely N-dealkylation sites (N-methyl/N-ethyl adjacent to an activating group) is 1. The van der Waals surface area contributed by atoms with Crippen LogP contribution < -0.4 is 5.32 Å². The topological polar surface area (TPSA) is 21.8 Å². The van der Waals surface area contributed by atoms with Crippen molar-refractivity contribution in [3.63, 3.8) is 0 Å². The van der Waals surface area contributed by atoms with Gasteiger partial charge in [0.25, 0.3) is 0 Å². The first-order chi connectivity index (χ1) is 14.1. The lowest BCUT2D eigenvalue weighted by Crippen LogP contribution is -2.42. The molecule has 0 aromatic heterocycles. The van der Waals surface area contributed by atoms with Gasteiger partial charge in [-0.3, -0.25) is 18.6 Å². The molecule has 4 heterocycles. The zero-order valence-electron chi connectivity index (χ0n) is 17.5. The van der Waals surface area contributed by atoms with Crippen LogP contribution in [-0.2, 0) is 6.54 Å². The largest absolute Gasteiger partial charge is 0.308 e. The Kier molecular flexibility index (Phi) is 5.18. The molecule has 4 nitrogen and oxygen atoms in total. The average Bonchev–Trinajstić information content (AvgIpc) is 3.41. The lowest BCUT2D eigenvalue weighted by atomic mass is 9.83. The first-order valence-corrected chi connectivity index (χ1v) is 11.1. The summed E-state index contributed by atoms with van der Waals surface area (Å²) in [5, 5.41) is 3.72. The van der Waals surface area contributed by atoms with Crippen molar-refractivity contribution in [3.05, 3.63) is 35.9 Å². The summed E-state index contributed by atoms with van der Waals surface area (Å²) < 4.78 is 28.2. The number of nitrogens with one attached hydrogen (secondary N) is 1. The Morgan fingerprint density at radius 1 is 1.07 bits per heavy atom. The Bertz CT molecular complexity index is 718. The Labute approximate surface area is 173 Å². The van der Waals surface area contributed by atoms with Crippen molar-refractivity contribution < 1.29 is 8.78 Å². The SMILES string of the molecule is CN1CC2NC(CN3CC4N(Cc5ccccc5)CCC4(CF)C3)CC2(CF)C1. The van der Waals surface area contributed by atoms with Crippen molar-refractivity contribution >= 4 is 0 Å². The van der Waals surface area contributed by atoms with Gasteiger partial charge in [-0.25, -0.2) is 0 Å². The van der Waals surface area contributed by atoms with Crippen molar-refractivity contribution in [3.8, 4) is 0 Å². The van der Waals surface area contributed by atoms with E-state index in [2.05, 4.69) is 51.3 Å². The zero-order valence-corrected chi connectivity index (χ0v) is 17.5. The molecule has 1 aromatic rings. The minimum absolute atomic E-state index is 0.216. The normalized spacial score (nSPS) is 40.6. The van der Waals surface area contributed by atoms with Crippen LogP contribution in [0.3, 0.4) is 0 Å². The third kappa shape index (κ3) is 3.42. The van der Waals surface area contributed by atoms with Gasteiger partial charge in [0, 0.05) is 68.2 Å². The minimum atomic E-state index is -0.243. The van der Waals surface area contributed by atoms with E-state index in [0.717, 1.165) is 58.7 Å². The molecule has 4 fully saturated rings. The predicted molar refractivity (Wildman–Crippen MR) is 111 cm³/mol. The number of hydrogen-bond donors (Lipinski definition) is 1. The van der Waals surface area contributed by atoms with E-state index < -0.39 is 0 Å². The molecule has 0 bridgehead atoms.